The van der Waals surface area contributed by atoms with Crippen LogP contribution in [0.5, 0.6) is 5.75 Å². The summed E-state index contributed by atoms with van der Waals surface area (Å²) in [5.74, 6) is 1.10. The lowest BCUT2D eigenvalue weighted by atomic mass is 10.0. The maximum Gasteiger partial charge on any atom is 0.241 e. The number of nitrogens with one attached hydrogen (secondary N) is 1. The van der Waals surface area contributed by atoms with Crippen molar-refractivity contribution in [3.05, 3.63) is 23.8 Å². The number of ether oxygens (including phenoxy) is 1. The number of piperidine rings is 1. The van der Waals surface area contributed by atoms with Crippen molar-refractivity contribution in [1.29, 1.82) is 0 Å². The molecule has 0 spiro atoms. The highest BCUT2D eigenvalue weighted by atomic mass is 16.5. The van der Waals surface area contributed by atoms with Crippen LogP contribution >= 0.6 is 0 Å². The molecule has 1 N–H and O–H groups in total. The number of rotatable bonds is 5. The van der Waals surface area contributed by atoms with Crippen molar-refractivity contribution in [2.24, 2.45) is 0 Å². The van der Waals surface area contributed by atoms with E-state index in [2.05, 4.69) is 30.1 Å². The minimum absolute atomic E-state index is 0.0266. The Labute approximate surface area is 139 Å². The van der Waals surface area contributed by atoms with Gasteiger partial charge in [-0.05, 0) is 63.0 Å². The Balaban J connectivity index is 1.65. The third-order valence-electron chi connectivity index (χ3n) is 4.88. The number of hydrogen-bond acceptors (Lipinski definition) is 3. The zero-order chi connectivity index (χ0) is 16.2. The highest BCUT2D eigenvalue weighted by molar-refractivity contribution is 5.95. The molecular weight excluding hydrogens is 288 g/mol. The topological polar surface area (TPSA) is 41.6 Å². The molecule has 1 aromatic carbocycles. The van der Waals surface area contributed by atoms with E-state index < -0.39 is 0 Å². The monoisotopic (exact) mass is 316 g/mol. The fraction of sp³-hybridized carbons (Fsp3) is 0.632. The van der Waals surface area contributed by atoms with Crippen molar-refractivity contribution in [2.75, 3.05) is 18.4 Å². The van der Waals surface area contributed by atoms with Crippen LogP contribution in [0, 0.1) is 0 Å². The molecule has 4 heteroatoms. The number of carbonyl (C=O) groups is 1. The van der Waals surface area contributed by atoms with E-state index in [1.54, 1.807) is 0 Å². The average molecular weight is 316 g/mol. The molecule has 23 heavy (non-hydrogen) atoms. The highest BCUT2D eigenvalue weighted by Crippen LogP contribution is 2.31. The molecule has 0 unspecified atom stereocenters. The lowest BCUT2D eigenvalue weighted by molar-refractivity contribution is -0.122. The summed E-state index contributed by atoms with van der Waals surface area (Å²) in [6, 6.07) is 6.02. The molecule has 1 fully saturated rings. The smallest absolute Gasteiger partial charge is 0.241 e. The van der Waals surface area contributed by atoms with Gasteiger partial charge in [0.2, 0.25) is 5.91 Å². The van der Waals surface area contributed by atoms with Crippen LogP contribution < -0.4 is 10.1 Å². The number of hydrogen-bond donors (Lipinski definition) is 1. The van der Waals surface area contributed by atoms with Crippen LogP contribution in [0.1, 0.15) is 51.5 Å². The largest absolute Gasteiger partial charge is 0.490 e. The van der Waals surface area contributed by atoms with Crippen molar-refractivity contribution in [2.45, 2.75) is 64.5 Å². The Kier molecular flexibility index (Phi) is 5.21. The van der Waals surface area contributed by atoms with Gasteiger partial charge in [0, 0.05) is 12.1 Å². The maximum absolute atomic E-state index is 12.7. The SMILES string of the molecule is CCCCN1CCCC[C@H]1C(=O)Nc1ccc2c(c1)C[C@H](C)O2. The van der Waals surface area contributed by atoms with Gasteiger partial charge in [0.15, 0.2) is 0 Å². The van der Waals surface area contributed by atoms with Gasteiger partial charge in [0.1, 0.15) is 11.9 Å². The Hall–Kier alpha value is -1.55. The Morgan fingerprint density at radius 1 is 1.39 bits per heavy atom. The van der Waals surface area contributed by atoms with E-state index in [1.165, 1.54) is 18.4 Å². The molecule has 0 radical (unpaired) electrons. The lowest BCUT2D eigenvalue weighted by Gasteiger charge is -2.34. The van der Waals surface area contributed by atoms with Gasteiger partial charge in [0.25, 0.3) is 0 Å². The fourth-order valence-electron chi connectivity index (χ4n) is 3.64. The molecule has 4 nitrogen and oxygen atoms in total. The molecule has 2 atom stereocenters. The van der Waals surface area contributed by atoms with E-state index in [1.807, 2.05) is 12.1 Å². The van der Waals surface area contributed by atoms with Gasteiger partial charge in [-0.3, -0.25) is 9.69 Å². The minimum Gasteiger partial charge on any atom is -0.490 e. The number of anilines is 1. The molecule has 2 heterocycles. The molecule has 1 saturated heterocycles. The maximum atomic E-state index is 12.7. The average Bonchev–Trinajstić information content (AvgIpc) is 2.92. The number of amides is 1. The molecule has 1 aromatic rings. The molecular formula is C19H28N2O2. The summed E-state index contributed by atoms with van der Waals surface area (Å²) in [6.07, 6.45) is 6.83. The second kappa shape index (κ2) is 7.35. The van der Waals surface area contributed by atoms with Crippen molar-refractivity contribution < 1.29 is 9.53 Å². The summed E-state index contributed by atoms with van der Waals surface area (Å²) >= 11 is 0. The van der Waals surface area contributed by atoms with Crippen LogP contribution in [0.4, 0.5) is 5.69 Å². The molecule has 3 rings (SSSR count). The molecule has 1 amide bonds. The van der Waals surface area contributed by atoms with E-state index in [-0.39, 0.29) is 18.1 Å². The number of nitrogens with zero attached hydrogens (tertiary/aromatic N) is 1. The van der Waals surface area contributed by atoms with Crippen LogP contribution in [-0.4, -0.2) is 36.0 Å². The first kappa shape index (κ1) is 16.3. The lowest BCUT2D eigenvalue weighted by Crippen LogP contribution is -2.47. The van der Waals surface area contributed by atoms with Crippen molar-refractivity contribution in [3.63, 3.8) is 0 Å². The summed E-state index contributed by atoms with van der Waals surface area (Å²) in [5, 5.41) is 3.13. The second-order valence-corrected chi connectivity index (χ2v) is 6.85. The van der Waals surface area contributed by atoms with Crippen molar-refractivity contribution in [3.8, 4) is 5.75 Å². The Morgan fingerprint density at radius 2 is 2.26 bits per heavy atom. The van der Waals surface area contributed by atoms with Gasteiger partial charge < -0.3 is 10.1 Å². The quantitative estimate of drug-likeness (QED) is 0.902. The molecule has 2 aliphatic heterocycles. The van der Waals surface area contributed by atoms with Gasteiger partial charge in [0.05, 0.1) is 6.04 Å². The standard InChI is InChI=1S/C19H28N2O2/c1-3-4-10-21-11-6-5-7-17(21)19(22)20-16-8-9-18-15(13-16)12-14(2)23-18/h8-9,13-14,17H,3-7,10-12H2,1-2H3,(H,20,22)/t14-,17-/m0/s1. The molecule has 2 aliphatic rings. The Morgan fingerprint density at radius 3 is 3.09 bits per heavy atom. The Bertz CT molecular complexity index is 558. The van der Waals surface area contributed by atoms with Crippen LogP contribution in [0.2, 0.25) is 0 Å². The summed E-state index contributed by atoms with van der Waals surface area (Å²) in [6.45, 7) is 6.36. The zero-order valence-corrected chi connectivity index (χ0v) is 14.3. The first-order chi connectivity index (χ1) is 11.2. The number of fused-ring (bicyclic) bond motifs is 1. The van der Waals surface area contributed by atoms with Gasteiger partial charge in [-0.1, -0.05) is 19.8 Å². The predicted molar refractivity (Wildman–Crippen MR) is 93.0 cm³/mol. The predicted octanol–water partition coefficient (Wildman–Crippen LogP) is 3.60. The molecule has 0 saturated carbocycles. The normalized spacial score (nSPS) is 24.1. The molecule has 0 aromatic heterocycles. The van der Waals surface area contributed by atoms with E-state index in [4.69, 9.17) is 4.74 Å². The summed E-state index contributed by atoms with van der Waals surface area (Å²) < 4.78 is 5.72. The summed E-state index contributed by atoms with van der Waals surface area (Å²) in [5.41, 5.74) is 2.09. The second-order valence-electron chi connectivity index (χ2n) is 6.85. The molecule has 0 bridgehead atoms. The van der Waals surface area contributed by atoms with Crippen LogP contribution in [0.15, 0.2) is 18.2 Å². The van der Waals surface area contributed by atoms with Crippen molar-refractivity contribution >= 4 is 11.6 Å². The van der Waals surface area contributed by atoms with Crippen molar-refractivity contribution in [1.82, 2.24) is 4.90 Å². The third-order valence-corrected chi connectivity index (χ3v) is 4.88. The van der Waals surface area contributed by atoms with Gasteiger partial charge in [-0.15, -0.1) is 0 Å². The first-order valence-electron chi connectivity index (χ1n) is 9.02. The van der Waals surface area contributed by atoms with Gasteiger partial charge >= 0.3 is 0 Å². The summed E-state index contributed by atoms with van der Waals surface area (Å²) in [7, 11) is 0. The first-order valence-corrected chi connectivity index (χ1v) is 9.02. The number of carbonyl (C=O) groups excluding carboxylic acids is 1. The van der Waals surface area contributed by atoms with E-state index in [0.717, 1.165) is 50.2 Å². The van der Waals surface area contributed by atoms with Crippen LogP contribution in [-0.2, 0) is 11.2 Å². The molecule has 126 valence electrons. The van der Waals surface area contributed by atoms with Gasteiger partial charge in [-0.2, -0.15) is 0 Å². The highest BCUT2D eigenvalue weighted by Gasteiger charge is 2.28. The van der Waals surface area contributed by atoms with Gasteiger partial charge in [-0.25, -0.2) is 0 Å². The fourth-order valence-corrected chi connectivity index (χ4v) is 3.64. The third kappa shape index (κ3) is 3.86. The number of benzene rings is 1. The number of unbranched alkanes of at least 4 members (excludes halogenated alkanes) is 1. The van der Waals surface area contributed by atoms with Crippen LogP contribution in [0.3, 0.4) is 0 Å². The zero-order valence-electron chi connectivity index (χ0n) is 14.3. The summed E-state index contributed by atoms with van der Waals surface area (Å²) in [4.78, 5) is 15.1. The minimum atomic E-state index is 0.0266. The molecule has 0 aliphatic carbocycles. The van der Waals surface area contributed by atoms with E-state index in [0.29, 0.717) is 0 Å². The van der Waals surface area contributed by atoms with Crippen LogP contribution in [0.25, 0.3) is 0 Å². The number of likely N-dealkylation sites (tertiary alicyclic amines) is 1. The van der Waals surface area contributed by atoms with E-state index >= 15 is 0 Å². The van der Waals surface area contributed by atoms with E-state index in [9.17, 15) is 4.79 Å².